The minimum atomic E-state index is -0.603. The molecule has 0 radical (unpaired) electrons. The van der Waals surface area contributed by atoms with E-state index in [1.165, 1.54) is 6.07 Å². The predicted molar refractivity (Wildman–Crippen MR) is 77.7 cm³/mol. The maximum Gasteiger partial charge on any atom is 0.288 e. The second kappa shape index (κ2) is 6.22. The van der Waals surface area contributed by atoms with E-state index in [9.17, 15) is 14.9 Å². The van der Waals surface area contributed by atoms with E-state index in [0.29, 0.717) is 17.5 Å². The van der Waals surface area contributed by atoms with Gasteiger partial charge in [-0.2, -0.15) is 4.37 Å². The van der Waals surface area contributed by atoms with E-state index < -0.39 is 10.8 Å². The van der Waals surface area contributed by atoms with Gasteiger partial charge in [-0.1, -0.05) is 0 Å². The van der Waals surface area contributed by atoms with Crippen molar-refractivity contribution in [3.05, 3.63) is 33.8 Å². The highest BCUT2D eigenvalue weighted by atomic mass is 32.1. The van der Waals surface area contributed by atoms with Crippen LogP contribution in [-0.2, 0) is 0 Å². The van der Waals surface area contributed by atoms with Crippen molar-refractivity contribution in [2.45, 2.75) is 13.8 Å². The Kier molecular flexibility index (Phi) is 4.38. The molecule has 0 atom stereocenters. The zero-order valence-corrected chi connectivity index (χ0v) is 12.1. The van der Waals surface area contributed by atoms with Crippen LogP contribution in [-0.4, -0.2) is 31.7 Å². The Morgan fingerprint density at radius 1 is 1.52 bits per heavy atom. The molecule has 10 heteroatoms. The molecule has 0 aromatic carbocycles. The first-order valence-corrected chi connectivity index (χ1v) is 6.78. The van der Waals surface area contributed by atoms with E-state index in [1.807, 2.05) is 6.92 Å². The maximum absolute atomic E-state index is 12.2. The number of pyridine rings is 1. The van der Waals surface area contributed by atoms with Gasteiger partial charge in [-0.05, 0) is 13.8 Å². The summed E-state index contributed by atoms with van der Waals surface area (Å²) < 4.78 is 3.94. The van der Waals surface area contributed by atoms with Crippen LogP contribution in [0.25, 0.3) is 0 Å². The van der Waals surface area contributed by atoms with E-state index in [4.69, 9.17) is 0 Å². The number of carbonyl (C=O) groups excluding carboxylic acids is 1. The average molecular weight is 308 g/mol. The monoisotopic (exact) mass is 308 g/mol. The third kappa shape index (κ3) is 3.48. The summed E-state index contributed by atoms with van der Waals surface area (Å²) in [5.74, 6) is 0.291. The summed E-state index contributed by atoms with van der Waals surface area (Å²) in [6.45, 7) is 4.06. The molecule has 2 rings (SSSR count). The van der Waals surface area contributed by atoms with Gasteiger partial charge in [0.05, 0.1) is 10.5 Å². The summed E-state index contributed by atoms with van der Waals surface area (Å²) in [6, 6.07) is 1.17. The molecule has 0 fully saturated rings. The number of hydrogen-bond acceptors (Lipinski definition) is 8. The summed E-state index contributed by atoms with van der Waals surface area (Å²) in [4.78, 5) is 30.3. The van der Waals surface area contributed by atoms with Crippen LogP contribution in [0.4, 0.5) is 16.6 Å². The molecule has 0 saturated heterocycles. The highest BCUT2D eigenvalue weighted by Gasteiger charge is 2.19. The van der Waals surface area contributed by atoms with Crippen LogP contribution >= 0.6 is 11.5 Å². The number of hydrogen-bond donors (Lipinski definition) is 2. The summed E-state index contributed by atoms with van der Waals surface area (Å²) in [5, 5.41) is 16.6. The minimum Gasteiger partial charge on any atom is -0.370 e. The van der Waals surface area contributed by atoms with Crippen LogP contribution in [0.2, 0.25) is 0 Å². The minimum absolute atomic E-state index is 0.0823. The molecule has 110 valence electrons. The third-order valence-corrected chi connectivity index (χ3v) is 3.14. The molecule has 0 spiro atoms. The lowest BCUT2D eigenvalue weighted by Gasteiger charge is -2.08. The fraction of sp³-hybridized carbons (Fsp3) is 0.273. The van der Waals surface area contributed by atoms with Gasteiger partial charge in [-0.25, -0.2) is 9.97 Å². The SMILES string of the molecule is CCNc1ncc([N+](=O)[O-])cc1C(=O)Nc1nc(C)ns1. The van der Waals surface area contributed by atoms with Crippen molar-refractivity contribution < 1.29 is 9.72 Å². The standard InChI is InChI=1S/C11H12N6O3S/c1-3-12-9-8(4-7(5-13-9)17(19)20)10(18)15-11-14-6(2)16-21-11/h4-5H,3H2,1-2H3,(H,12,13)(H,14,15,16,18). The number of carbonyl (C=O) groups is 1. The van der Waals surface area contributed by atoms with Crippen LogP contribution < -0.4 is 10.6 Å². The van der Waals surface area contributed by atoms with Crippen molar-refractivity contribution >= 4 is 34.1 Å². The molecule has 1 amide bonds. The molecule has 0 bridgehead atoms. The number of aromatic nitrogens is 3. The van der Waals surface area contributed by atoms with E-state index in [1.54, 1.807) is 6.92 Å². The van der Waals surface area contributed by atoms with Gasteiger partial charge >= 0.3 is 0 Å². The maximum atomic E-state index is 12.2. The van der Waals surface area contributed by atoms with Gasteiger partial charge in [0, 0.05) is 24.1 Å². The number of amides is 1. The van der Waals surface area contributed by atoms with Gasteiger partial charge in [0.25, 0.3) is 11.6 Å². The summed E-state index contributed by atoms with van der Waals surface area (Å²) in [5.41, 5.74) is -0.172. The fourth-order valence-electron chi connectivity index (χ4n) is 1.55. The van der Waals surface area contributed by atoms with Gasteiger partial charge in [0.15, 0.2) is 0 Å². The number of anilines is 2. The second-order valence-electron chi connectivity index (χ2n) is 3.98. The number of nitrogens with one attached hydrogen (secondary N) is 2. The van der Waals surface area contributed by atoms with E-state index in [-0.39, 0.29) is 17.1 Å². The quantitative estimate of drug-likeness (QED) is 0.638. The van der Waals surface area contributed by atoms with E-state index in [0.717, 1.165) is 17.7 Å². The molecule has 2 N–H and O–H groups in total. The fourth-order valence-corrected chi connectivity index (χ4v) is 2.12. The zero-order valence-electron chi connectivity index (χ0n) is 11.3. The molecule has 2 aromatic rings. The Hall–Kier alpha value is -2.62. The molecular weight excluding hydrogens is 296 g/mol. The Labute approximate surface area is 123 Å². The van der Waals surface area contributed by atoms with Gasteiger partial charge < -0.3 is 5.32 Å². The Morgan fingerprint density at radius 2 is 2.29 bits per heavy atom. The number of rotatable bonds is 5. The largest absolute Gasteiger partial charge is 0.370 e. The Morgan fingerprint density at radius 3 is 2.86 bits per heavy atom. The van der Waals surface area contributed by atoms with Crippen LogP contribution in [0.15, 0.2) is 12.3 Å². The second-order valence-corrected chi connectivity index (χ2v) is 4.73. The summed E-state index contributed by atoms with van der Waals surface area (Å²) in [7, 11) is 0. The summed E-state index contributed by atoms with van der Waals surface area (Å²) in [6.07, 6.45) is 1.10. The molecule has 2 aromatic heterocycles. The van der Waals surface area contributed by atoms with Gasteiger partial charge in [0.2, 0.25) is 5.13 Å². The summed E-state index contributed by atoms with van der Waals surface area (Å²) >= 11 is 1.03. The molecule has 0 aliphatic carbocycles. The highest BCUT2D eigenvalue weighted by molar-refractivity contribution is 7.09. The molecule has 0 saturated carbocycles. The first-order valence-electron chi connectivity index (χ1n) is 6.01. The topological polar surface area (TPSA) is 123 Å². The predicted octanol–water partition coefficient (Wildman–Crippen LogP) is 1.83. The van der Waals surface area contributed by atoms with Crippen LogP contribution in [0.1, 0.15) is 23.1 Å². The van der Waals surface area contributed by atoms with Gasteiger partial charge in [0.1, 0.15) is 17.8 Å². The van der Waals surface area contributed by atoms with Crippen LogP contribution in [0.3, 0.4) is 0 Å². The van der Waals surface area contributed by atoms with Gasteiger partial charge in [-0.3, -0.25) is 20.2 Å². The van der Waals surface area contributed by atoms with E-state index in [2.05, 4.69) is 25.0 Å². The number of nitrogens with zero attached hydrogens (tertiary/aromatic N) is 4. The molecular formula is C11H12N6O3S. The molecule has 21 heavy (non-hydrogen) atoms. The molecule has 2 heterocycles. The first kappa shape index (κ1) is 14.8. The van der Waals surface area contributed by atoms with Crippen LogP contribution in [0, 0.1) is 17.0 Å². The molecule has 9 nitrogen and oxygen atoms in total. The average Bonchev–Trinajstić information content (AvgIpc) is 2.84. The van der Waals surface area contributed by atoms with Crippen molar-refractivity contribution in [3.63, 3.8) is 0 Å². The van der Waals surface area contributed by atoms with Gasteiger partial charge in [-0.15, -0.1) is 0 Å². The van der Waals surface area contributed by atoms with Crippen LogP contribution in [0.5, 0.6) is 0 Å². The number of aryl methyl sites for hydroxylation is 1. The Bertz CT molecular complexity index is 686. The van der Waals surface area contributed by atoms with Crippen molar-refractivity contribution in [1.29, 1.82) is 0 Å². The van der Waals surface area contributed by atoms with Crippen molar-refractivity contribution in [2.75, 3.05) is 17.2 Å². The first-order chi connectivity index (χ1) is 10.0. The molecule has 0 aliphatic rings. The third-order valence-electron chi connectivity index (χ3n) is 2.42. The zero-order chi connectivity index (χ0) is 15.4. The van der Waals surface area contributed by atoms with Crippen molar-refractivity contribution in [3.8, 4) is 0 Å². The normalized spacial score (nSPS) is 10.2. The smallest absolute Gasteiger partial charge is 0.288 e. The van der Waals surface area contributed by atoms with Crippen molar-refractivity contribution in [2.24, 2.45) is 0 Å². The van der Waals surface area contributed by atoms with E-state index >= 15 is 0 Å². The molecule has 0 unspecified atom stereocenters. The lowest BCUT2D eigenvalue weighted by molar-refractivity contribution is -0.385. The Balaban J connectivity index is 2.32. The highest BCUT2D eigenvalue weighted by Crippen LogP contribution is 2.21. The molecule has 0 aliphatic heterocycles. The lowest BCUT2D eigenvalue weighted by atomic mass is 10.2. The van der Waals surface area contributed by atoms with Crippen molar-refractivity contribution in [1.82, 2.24) is 14.3 Å². The number of nitro groups is 1. The lowest BCUT2D eigenvalue weighted by Crippen LogP contribution is -2.16.